The summed E-state index contributed by atoms with van der Waals surface area (Å²) < 4.78 is 39.2. The predicted octanol–water partition coefficient (Wildman–Crippen LogP) is 2.01. The number of pyridine rings is 1. The zero-order valence-corrected chi connectivity index (χ0v) is 11.2. The summed E-state index contributed by atoms with van der Waals surface area (Å²) in [5, 5.41) is 4.53. The van der Waals surface area contributed by atoms with Gasteiger partial charge in [0.1, 0.15) is 5.82 Å². The van der Waals surface area contributed by atoms with E-state index in [1.807, 2.05) is 12.2 Å². The lowest BCUT2D eigenvalue weighted by Gasteiger charge is -2.09. The largest absolute Gasteiger partial charge is 0.440 e. The van der Waals surface area contributed by atoms with Crippen molar-refractivity contribution in [2.45, 2.75) is 19.5 Å². The highest BCUT2D eigenvalue weighted by molar-refractivity contribution is 5.90. The number of ether oxygens (including phenoxy) is 1. The van der Waals surface area contributed by atoms with Crippen LogP contribution in [0.4, 0.5) is 23.8 Å². The molecule has 0 saturated carbocycles. The normalized spacial score (nSPS) is 10.9. The van der Waals surface area contributed by atoms with Crippen LogP contribution in [0.1, 0.15) is 12.0 Å². The number of nitrogens with one attached hydrogen (secondary N) is 2. The van der Waals surface area contributed by atoms with Crippen LogP contribution < -0.4 is 10.6 Å². The monoisotopic (exact) mass is 305 g/mol. The first kappa shape index (κ1) is 16.7. The van der Waals surface area contributed by atoms with Crippen molar-refractivity contribution in [3.05, 3.63) is 23.9 Å². The molecule has 0 aliphatic carbocycles. The van der Waals surface area contributed by atoms with Crippen LogP contribution in [-0.4, -0.2) is 36.3 Å². The van der Waals surface area contributed by atoms with Crippen LogP contribution in [0, 0.1) is 6.92 Å². The molecular weight excluding hydrogens is 291 g/mol. The van der Waals surface area contributed by atoms with E-state index >= 15 is 0 Å². The van der Waals surface area contributed by atoms with E-state index in [2.05, 4.69) is 15.0 Å². The lowest BCUT2D eigenvalue weighted by molar-refractivity contribution is -0.160. The summed E-state index contributed by atoms with van der Waals surface area (Å²) in [5.41, 5.74) is 0.911. The van der Waals surface area contributed by atoms with E-state index in [4.69, 9.17) is 0 Å². The highest BCUT2D eigenvalue weighted by atomic mass is 19.4. The average molecular weight is 305 g/mol. The van der Waals surface area contributed by atoms with Crippen molar-refractivity contribution in [2.75, 3.05) is 18.5 Å². The fourth-order valence-corrected chi connectivity index (χ4v) is 1.29. The minimum Gasteiger partial charge on any atom is -0.440 e. The average Bonchev–Trinajstić information content (AvgIpc) is 2.35. The third-order valence-corrected chi connectivity index (χ3v) is 2.17. The quantitative estimate of drug-likeness (QED) is 0.872. The van der Waals surface area contributed by atoms with Gasteiger partial charge < -0.3 is 15.4 Å². The highest BCUT2D eigenvalue weighted by Crippen LogP contribution is 2.14. The standard InChI is InChI=1S/C12H14F3N3O3/c1-8-2-4-16-9(6-8)18-10(19)3-5-17-11(20)21-7-12(13,14)15/h2,4,6H,3,5,7H2,1H3,(H,17,20)(H,16,18,19). The number of carbonyl (C=O) groups excluding carboxylic acids is 2. The maximum atomic E-state index is 11.8. The maximum Gasteiger partial charge on any atom is 0.422 e. The number of amides is 2. The van der Waals surface area contributed by atoms with Crippen LogP contribution in [0.2, 0.25) is 0 Å². The van der Waals surface area contributed by atoms with Crippen LogP contribution in [0.3, 0.4) is 0 Å². The molecule has 2 N–H and O–H groups in total. The predicted molar refractivity (Wildman–Crippen MR) is 67.6 cm³/mol. The van der Waals surface area contributed by atoms with Gasteiger partial charge in [0.05, 0.1) is 0 Å². The summed E-state index contributed by atoms with van der Waals surface area (Å²) in [4.78, 5) is 26.3. The third kappa shape index (κ3) is 7.75. The Bertz CT molecular complexity index is 506. The van der Waals surface area contributed by atoms with E-state index in [-0.39, 0.29) is 13.0 Å². The number of nitrogens with zero attached hydrogens (tertiary/aromatic N) is 1. The Labute approximate surface area is 118 Å². The van der Waals surface area contributed by atoms with Gasteiger partial charge >= 0.3 is 12.3 Å². The molecule has 0 atom stereocenters. The van der Waals surface area contributed by atoms with E-state index in [0.717, 1.165) is 5.56 Å². The molecule has 6 nitrogen and oxygen atoms in total. The number of halogens is 3. The second-order valence-electron chi connectivity index (χ2n) is 4.13. The molecule has 0 unspecified atom stereocenters. The Kier molecular flexibility index (Phi) is 5.94. The summed E-state index contributed by atoms with van der Waals surface area (Å²) in [7, 11) is 0. The molecule has 1 rings (SSSR count). The third-order valence-electron chi connectivity index (χ3n) is 2.17. The molecule has 1 aromatic rings. The molecule has 0 aliphatic rings. The lowest BCUT2D eigenvalue weighted by atomic mass is 10.3. The van der Waals surface area contributed by atoms with Gasteiger partial charge in [-0.15, -0.1) is 0 Å². The van der Waals surface area contributed by atoms with E-state index in [1.54, 1.807) is 12.1 Å². The summed E-state index contributed by atoms with van der Waals surface area (Å²) in [6, 6.07) is 3.41. The summed E-state index contributed by atoms with van der Waals surface area (Å²) in [6.45, 7) is 0.0160. The maximum absolute atomic E-state index is 11.8. The number of hydrogen-bond acceptors (Lipinski definition) is 4. The number of alkyl carbamates (subject to hydrolysis) is 1. The number of rotatable bonds is 5. The number of carbonyl (C=O) groups is 2. The van der Waals surface area contributed by atoms with Gasteiger partial charge in [-0.25, -0.2) is 9.78 Å². The molecule has 0 spiro atoms. The first-order valence-electron chi connectivity index (χ1n) is 5.96. The SMILES string of the molecule is Cc1ccnc(NC(=O)CCNC(=O)OCC(F)(F)F)c1. The van der Waals surface area contributed by atoms with E-state index < -0.39 is 24.8 Å². The second kappa shape index (κ2) is 7.46. The topological polar surface area (TPSA) is 80.3 Å². The number of hydrogen-bond donors (Lipinski definition) is 2. The molecule has 0 fully saturated rings. The van der Waals surface area contributed by atoms with Crippen molar-refractivity contribution < 1.29 is 27.5 Å². The Morgan fingerprint density at radius 1 is 1.38 bits per heavy atom. The second-order valence-corrected chi connectivity index (χ2v) is 4.13. The van der Waals surface area contributed by atoms with Crippen LogP contribution in [0.15, 0.2) is 18.3 Å². The fourth-order valence-electron chi connectivity index (χ4n) is 1.29. The number of aromatic nitrogens is 1. The van der Waals surface area contributed by atoms with Gasteiger partial charge in [0, 0.05) is 19.2 Å². The number of alkyl halides is 3. The van der Waals surface area contributed by atoms with Crippen LogP contribution in [0.25, 0.3) is 0 Å². The minimum atomic E-state index is -4.58. The Morgan fingerprint density at radius 2 is 2.10 bits per heavy atom. The van der Waals surface area contributed by atoms with Crippen LogP contribution >= 0.6 is 0 Å². The smallest absolute Gasteiger partial charge is 0.422 e. The number of aryl methyl sites for hydroxylation is 1. The molecule has 0 aromatic carbocycles. The number of anilines is 1. The Hall–Kier alpha value is -2.32. The van der Waals surface area contributed by atoms with Crippen molar-refractivity contribution in [2.24, 2.45) is 0 Å². The molecule has 9 heteroatoms. The Balaban J connectivity index is 2.23. The van der Waals surface area contributed by atoms with Crippen molar-refractivity contribution in [1.29, 1.82) is 0 Å². The zero-order valence-electron chi connectivity index (χ0n) is 11.2. The molecule has 116 valence electrons. The molecule has 0 aliphatic heterocycles. The Morgan fingerprint density at radius 3 is 2.71 bits per heavy atom. The van der Waals surface area contributed by atoms with Crippen molar-refractivity contribution in [3.63, 3.8) is 0 Å². The van der Waals surface area contributed by atoms with Crippen LogP contribution in [-0.2, 0) is 9.53 Å². The first-order valence-corrected chi connectivity index (χ1v) is 5.96. The first-order chi connectivity index (χ1) is 9.76. The lowest BCUT2D eigenvalue weighted by Crippen LogP contribution is -2.31. The van der Waals surface area contributed by atoms with E-state index in [0.29, 0.717) is 5.82 Å². The summed E-state index contributed by atoms with van der Waals surface area (Å²) in [6.07, 6.45) is -4.39. The highest BCUT2D eigenvalue weighted by Gasteiger charge is 2.29. The van der Waals surface area contributed by atoms with Gasteiger partial charge in [-0.1, -0.05) is 0 Å². The summed E-state index contributed by atoms with van der Waals surface area (Å²) >= 11 is 0. The van der Waals surface area contributed by atoms with Gasteiger partial charge in [-0.3, -0.25) is 4.79 Å². The molecule has 1 heterocycles. The molecular formula is C12H14F3N3O3. The van der Waals surface area contributed by atoms with E-state index in [1.165, 1.54) is 6.20 Å². The fraction of sp³-hybridized carbons (Fsp3) is 0.417. The molecule has 1 aromatic heterocycles. The van der Waals surface area contributed by atoms with Gasteiger partial charge in [0.15, 0.2) is 6.61 Å². The van der Waals surface area contributed by atoms with Crippen LogP contribution in [0.5, 0.6) is 0 Å². The van der Waals surface area contributed by atoms with Gasteiger partial charge in [0.25, 0.3) is 0 Å². The molecule has 0 bridgehead atoms. The summed E-state index contributed by atoms with van der Waals surface area (Å²) in [5.74, 6) is -0.0659. The molecule has 21 heavy (non-hydrogen) atoms. The van der Waals surface area contributed by atoms with Gasteiger partial charge in [0.2, 0.25) is 5.91 Å². The van der Waals surface area contributed by atoms with Gasteiger partial charge in [-0.2, -0.15) is 13.2 Å². The zero-order chi connectivity index (χ0) is 15.9. The van der Waals surface area contributed by atoms with Crippen molar-refractivity contribution in [3.8, 4) is 0 Å². The van der Waals surface area contributed by atoms with Crippen molar-refractivity contribution >= 4 is 17.8 Å². The molecule has 0 radical (unpaired) electrons. The molecule has 0 saturated heterocycles. The van der Waals surface area contributed by atoms with Gasteiger partial charge in [-0.05, 0) is 24.6 Å². The minimum absolute atomic E-state index is 0.114. The molecule has 2 amide bonds. The van der Waals surface area contributed by atoms with E-state index in [9.17, 15) is 22.8 Å². The van der Waals surface area contributed by atoms with Crippen molar-refractivity contribution in [1.82, 2.24) is 10.3 Å².